The first kappa shape index (κ1) is 63.0. The second kappa shape index (κ2) is 27.2. The van der Waals surface area contributed by atoms with E-state index in [9.17, 15) is 5.11 Å². The van der Waals surface area contributed by atoms with Crippen LogP contribution in [0.15, 0.2) is 259 Å². The van der Waals surface area contributed by atoms with Crippen molar-refractivity contribution in [3.8, 4) is 40.4 Å². The molecule has 22 heteroatoms. The lowest BCUT2D eigenvalue weighted by Gasteiger charge is -2.10. The number of H-pyrrole nitrogens is 1. The third-order valence-corrected chi connectivity index (χ3v) is 18.5. The lowest BCUT2D eigenvalue weighted by atomic mass is 10.1. The molecule has 0 saturated heterocycles. The molecule has 15 heterocycles. The van der Waals surface area contributed by atoms with Gasteiger partial charge in [0.1, 0.15) is 48.7 Å². The number of nitrogens with one attached hydrogen (secondary N) is 1. The van der Waals surface area contributed by atoms with Crippen molar-refractivity contribution >= 4 is 165 Å². The van der Waals surface area contributed by atoms with Crippen molar-refractivity contribution in [3.05, 3.63) is 284 Å². The van der Waals surface area contributed by atoms with Crippen molar-refractivity contribution in [2.75, 3.05) is 0 Å². The van der Waals surface area contributed by atoms with Crippen LogP contribution >= 0.6 is 66.1 Å². The van der Waals surface area contributed by atoms with Gasteiger partial charge >= 0.3 is 0 Å². The van der Waals surface area contributed by atoms with Crippen LogP contribution < -0.4 is 4.74 Å². The molecular formula is C76H52Br2ClIN16O2. The highest BCUT2D eigenvalue weighted by Crippen LogP contribution is 2.38. The number of phenols is 1. The third-order valence-electron chi connectivity index (χ3n) is 16.1. The Hall–Kier alpha value is -11.1. The van der Waals surface area contributed by atoms with Crippen LogP contribution in [0.5, 0.6) is 17.4 Å². The van der Waals surface area contributed by atoms with Gasteiger partial charge in [-0.15, -0.1) is 0 Å². The van der Waals surface area contributed by atoms with Crippen molar-refractivity contribution in [2.24, 2.45) is 0 Å². The standard InChI is InChI=1S/C31H20N6O.C17H12N2O.C14H9BrN4.C9H8BrN3.C5H3ClIN/c1-19-17-27-31-23(30-25(37(27)35-19)9-6-16-33-30)13-14-29(34-31)38-20-11-12-22-21-7-2-3-8-24(21)36(26(22)18-20)28-10-4-5-15-32-28;20-12-8-9-14-13-5-1-2-6-15(13)19(16(14)11-12)17-7-3-4-10-18-17;1-8-7-11-14-9(4-5-12(15)17-14)13-10(19(11)18-8)3-2-6-16-13;1-6-5-8(13-12-6)7-3-2-4-9(10)11-7;6-5-4(7)2-1-3-8-5/h2-18H,1H3;1-11,20H;2-7H,1H3;2-5H,1H3,(H,12,13);1-3H. The molecule has 0 fully saturated rings. The summed E-state index contributed by atoms with van der Waals surface area (Å²) in [6.07, 6.45) is 8.85. The summed E-state index contributed by atoms with van der Waals surface area (Å²) in [5.74, 6) is 3.18. The maximum absolute atomic E-state index is 9.79. The first-order valence-corrected chi connectivity index (χ1v) is 33.8. The zero-order chi connectivity index (χ0) is 67.0. The zero-order valence-corrected chi connectivity index (χ0v) is 58.3. The maximum Gasteiger partial charge on any atom is 0.219 e. The molecule has 15 aromatic heterocycles. The summed E-state index contributed by atoms with van der Waals surface area (Å²) in [5, 5.41) is 33.2. The summed E-state index contributed by atoms with van der Waals surface area (Å²) in [7, 11) is 0. The summed E-state index contributed by atoms with van der Waals surface area (Å²) in [4.78, 5) is 35.8. The van der Waals surface area contributed by atoms with Crippen LogP contribution in [-0.2, 0) is 0 Å². The molecule has 476 valence electrons. The van der Waals surface area contributed by atoms with Crippen molar-refractivity contribution < 1.29 is 9.84 Å². The van der Waals surface area contributed by atoms with Gasteiger partial charge in [0.25, 0.3) is 0 Å². The molecule has 19 aromatic rings. The highest BCUT2D eigenvalue weighted by molar-refractivity contribution is 14.1. The second-order valence-electron chi connectivity index (χ2n) is 22.6. The van der Waals surface area contributed by atoms with Gasteiger partial charge in [-0.25, -0.2) is 38.9 Å². The molecule has 0 radical (unpaired) electrons. The predicted molar refractivity (Wildman–Crippen MR) is 404 cm³/mol. The number of pyridine rings is 10. The summed E-state index contributed by atoms with van der Waals surface area (Å²) in [6, 6.07) is 71.4. The van der Waals surface area contributed by atoms with E-state index in [0.29, 0.717) is 16.8 Å². The Morgan fingerprint density at radius 2 is 0.939 bits per heavy atom. The van der Waals surface area contributed by atoms with Gasteiger partial charge in [0.2, 0.25) is 5.88 Å². The van der Waals surface area contributed by atoms with E-state index in [4.69, 9.17) is 21.3 Å². The fourth-order valence-electron chi connectivity index (χ4n) is 12.0. The fourth-order valence-corrected chi connectivity index (χ4v) is 13.1. The van der Waals surface area contributed by atoms with E-state index in [0.717, 1.165) is 146 Å². The van der Waals surface area contributed by atoms with Crippen molar-refractivity contribution in [1.29, 1.82) is 0 Å². The lowest BCUT2D eigenvalue weighted by molar-refractivity contribution is 0.466. The Morgan fingerprint density at radius 1 is 0.418 bits per heavy atom. The molecule has 0 aliphatic heterocycles. The first-order chi connectivity index (χ1) is 47.9. The smallest absolute Gasteiger partial charge is 0.219 e. The number of hydrogen-bond donors (Lipinski definition) is 2. The lowest BCUT2D eigenvalue weighted by Crippen LogP contribution is -1.97. The number of halogens is 4. The number of hydrogen-bond acceptors (Lipinski definition) is 13. The molecule has 0 saturated carbocycles. The molecule has 0 unspecified atom stereocenters. The number of aryl methyl sites for hydroxylation is 3. The number of ether oxygens (including phenoxy) is 1. The maximum atomic E-state index is 9.79. The first-order valence-electron chi connectivity index (χ1n) is 30.8. The van der Waals surface area contributed by atoms with Gasteiger partial charge in [0.05, 0.1) is 81.3 Å². The van der Waals surface area contributed by atoms with Crippen molar-refractivity contribution in [1.82, 2.24) is 78.4 Å². The Kier molecular flexibility index (Phi) is 17.5. The molecule has 0 atom stereocenters. The minimum atomic E-state index is 0.262. The highest BCUT2D eigenvalue weighted by atomic mass is 127. The van der Waals surface area contributed by atoms with E-state index in [2.05, 4.69) is 167 Å². The van der Waals surface area contributed by atoms with Gasteiger partial charge in [-0.2, -0.15) is 15.3 Å². The Morgan fingerprint density at radius 3 is 1.51 bits per heavy atom. The van der Waals surface area contributed by atoms with E-state index in [1.807, 2.05) is 194 Å². The van der Waals surface area contributed by atoms with Crippen molar-refractivity contribution in [2.45, 2.75) is 20.8 Å². The molecule has 18 nitrogen and oxygen atoms in total. The molecule has 0 aliphatic carbocycles. The van der Waals surface area contributed by atoms with E-state index in [1.54, 1.807) is 36.9 Å². The number of fused-ring (bicyclic) bond motifs is 18. The molecule has 0 aliphatic rings. The summed E-state index contributed by atoms with van der Waals surface area (Å²) >= 11 is 14.5. The summed E-state index contributed by atoms with van der Waals surface area (Å²) < 4.78 is 17.1. The molecule has 98 heavy (non-hydrogen) atoms. The number of rotatable bonds is 5. The topological polar surface area (TPSA) is 206 Å². The van der Waals surface area contributed by atoms with Gasteiger partial charge in [-0.1, -0.05) is 66.2 Å². The zero-order valence-electron chi connectivity index (χ0n) is 52.2. The number of phenolic OH excluding ortho intramolecular Hbond substituents is 1. The molecule has 19 rings (SSSR count). The molecule has 0 bridgehead atoms. The van der Waals surface area contributed by atoms with Crippen LogP contribution in [0.3, 0.4) is 0 Å². The normalized spacial score (nSPS) is 11.3. The molecule has 4 aromatic carbocycles. The average Bonchev–Trinajstić information content (AvgIpc) is 0.883. The van der Waals surface area contributed by atoms with Gasteiger partial charge in [-0.05, 0) is 221 Å². The predicted octanol–water partition coefficient (Wildman–Crippen LogP) is 19.3. The van der Waals surface area contributed by atoms with E-state index >= 15 is 0 Å². The molecule has 0 amide bonds. The summed E-state index contributed by atoms with van der Waals surface area (Å²) in [5.41, 5.74) is 16.2. The molecule has 0 spiro atoms. The monoisotopic (exact) mass is 1540 g/mol. The van der Waals surface area contributed by atoms with Gasteiger partial charge in [-0.3, -0.25) is 24.2 Å². The van der Waals surface area contributed by atoms with Crippen molar-refractivity contribution in [3.63, 3.8) is 0 Å². The van der Waals surface area contributed by atoms with Gasteiger partial charge in [0, 0.05) is 87.2 Å². The van der Waals surface area contributed by atoms with Gasteiger partial charge in [0.15, 0.2) is 0 Å². The van der Waals surface area contributed by atoms with E-state index in [-0.39, 0.29) is 5.75 Å². The van der Waals surface area contributed by atoms with Crippen LogP contribution in [0, 0.1) is 24.3 Å². The molecule has 2 N–H and O–H groups in total. The largest absolute Gasteiger partial charge is 0.508 e. The van der Waals surface area contributed by atoms with Crippen LogP contribution in [0.4, 0.5) is 0 Å². The Balaban J connectivity index is 0.000000110. The second-order valence-corrected chi connectivity index (χ2v) is 25.7. The minimum Gasteiger partial charge on any atom is -0.508 e. The van der Waals surface area contributed by atoms with E-state index in [1.165, 1.54) is 5.39 Å². The van der Waals surface area contributed by atoms with Gasteiger partial charge < -0.3 is 9.84 Å². The number of aromatic nitrogens is 16. The quantitative estimate of drug-likeness (QED) is 0.0936. The fraction of sp³-hybridized carbons (Fsp3) is 0.0395. The number of para-hydroxylation sites is 2. The summed E-state index contributed by atoms with van der Waals surface area (Å²) in [6.45, 7) is 5.94. The minimum absolute atomic E-state index is 0.262. The number of aromatic hydroxyl groups is 1. The van der Waals surface area contributed by atoms with Crippen LogP contribution in [0.25, 0.3) is 122 Å². The third kappa shape index (κ3) is 12.5. The Labute approximate surface area is 593 Å². The Bertz CT molecular complexity index is 6180. The SMILES string of the molecule is Cc1cc(-c2cccc(Br)n2)n[nH]1.Cc1cc2c3nc(Br)ccc3c3ncccc3n2n1.Cc1cc2c3nc(Oc4ccc5c6ccccc6n(-c6ccccn6)c5c4)ccc3c3ncccc3n2n1.Clc1ncccc1I.Oc1ccc2c3ccccc3n(-c3ccccn3)c2c1. The van der Waals surface area contributed by atoms with Crippen LogP contribution in [-0.4, -0.2) is 83.5 Å². The average molecular weight is 1540 g/mol. The van der Waals surface area contributed by atoms with E-state index < -0.39 is 0 Å². The highest BCUT2D eigenvalue weighted by Gasteiger charge is 2.19. The van der Waals surface area contributed by atoms with Crippen LogP contribution in [0.2, 0.25) is 5.15 Å². The van der Waals surface area contributed by atoms with Crippen LogP contribution in [0.1, 0.15) is 17.1 Å². The number of nitrogens with zero attached hydrogens (tertiary/aromatic N) is 15. The number of aromatic amines is 1. The molecular weight excluding hydrogens is 1490 g/mol. The number of benzene rings is 4.